The van der Waals surface area contributed by atoms with Crippen LogP contribution in [-0.2, 0) is 6.42 Å². The predicted octanol–water partition coefficient (Wildman–Crippen LogP) is 5.25. The van der Waals surface area contributed by atoms with Crippen LogP contribution in [0.25, 0.3) is 0 Å². The first-order valence-electron chi connectivity index (χ1n) is 6.56. The molecule has 0 heterocycles. The van der Waals surface area contributed by atoms with Gasteiger partial charge in [0, 0.05) is 22.5 Å². The molecule has 0 spiro atoms. The fourth-order valence-electron chi connectivity index (χ4n) is 1.93. The molecule has 0 aromatic heterocycles. The zero-order valence-corrected chi connectivity index (χ0v) is 12.7. The summed E-state index contributed by atoms with van der Waals surface area (Å²) in [6.45, 7) is 2.65. The second-order valence-corrected chi connectivity index (χ2v) is 5.59. The first kappa shape index (κ1) is 17.6. The van der Waals surface area contributed by atoms with E-state index in [9.17, 15) is 13.2 Å². The van der Waals surface area contributed by atoms with Crippen molar-refractivity contribution in [3.8, 4) is 0 Å². The Hall–Kier alpha value is -0.450. The standard InChI is InChI=1S/C14H18Cl2F3N/c1-2-7-20-12(5-6-14(17,18)19)9-10-8-11(15)3-4-13(10)16/h3-4,8,12,20H,2,5-7,9H2,1H3. The van der Waals surface area contributed by atoms with E-state index < -0.39 is 12.6 Å². The van der Waals surface area contributed by atoms with Crippen LogP contribution in [-0.4, -0.2) is 18.8 Å². The van der Waals surface area contributed by atoms with E-state index in [1.807, 2.05) is 6.92 Å². The molecule has 0 radical (unpaired) electrons. The van der Waals surface area contributed by atoms with E-state index in [1.165, 1.54) is 0 Å². The van der Waals surface area contributed by atoms with Crippen LogP contribution in [0.15, 0.2) is 18.2 Å². The molecule has 0 aliphatic rings. The van der Waals surface area contributed by atoms with Gasteiger partial charge in [-0.05, 0) is 49.6 Å². The Kier molecular flexibility index (Phi) is 7.13. The summed E-state index contributed by atoms with van der Waals surface area (Å²) in [6.07, 6.45) is -3.59. The van der Waals surface area contributed by atoms with Gasteiger partial charge in [0.15, 0.2) is 0 Å². The van der Waals surface area contributed by atoms with Gasteiger partial charge in [-0.25, -0.2) is 0 Å². The summed E-state index contributed by atoms with van der Waals surface area (Å²) in [7, 11) is 0. The van der Waals surface area contributed by atoms with Gasteiger partial charge >= 0.3 is 6.18 Å². The van der Waals surface area contributed by atoms with Gasteiger partial charge < -0.3 is 5.32 Å². The van der Waals surface area contributed by atoms with Gasteiger partial charge in [-0.3, -0.25) is 0 Å². The molecule has 0 aliphatic carbocycles. The second-order valence-electron chi connectivity index (χ2n) is 4.74. The number of halogens is 5. The number of rotatable bonds is 7. The van der Waals surface area contributed by atoms with Crippen LogP contribution in [0.5, 0.6) is 0 Å². The smallest absolute Gasteiger partial charge is 0.314 e. The average Bonchev–Trinajstić information content (AvgIpc) is 2.36. The van der Waals surface area contributed by atoms with Crippen molar-refractivity contribution in [3.63, 3.8) is 0 Å². The monoisotopic (exact) mass is 327 g/mol. The lowest BCUT2D eigenvalue weighted by molar-refractivity contribution is -0.136. The molecule has 0 amide bonds. The lowest BCUT2D eigenvalue weighted by atomic mass is 10.0. The van der Waals surface area contributed by atoms with E-state index in [1.54, 1.807) is 18.2 Å². The Balaban J connectivity index is 2.70. The summed E-state index contributed by atoms with van der Waals surface area (Å²) < 4.78 is 37.0. The Morgan fingerprint density at radius 3 is 2.55 bits per heavy atom. The van der Waals surface area contributed by atoms with Gasteiger partial charge in [-0.15, -0.1) is 0 Å². The molecular weight excluding hydrogens is 310 g/mol. The minimum absolute atomic E-state index is 0.0341. The maximum atomic E-state index is 12.3. The maximum absolute atomic E-state index is 12.3. The molecule has 1 aromatic rings. The van der Waals surface area contributed by atoms with Crippen LogP contribution in [0, 0.1) is 0 Å². The van der Waals surface area contributed by atoms with Gasteiger partial charge in [0.2, 0.25) is 0 Å². The summed E-state index contributed by atoms with van der Waals surface area (Å²) in [6, 6.07) is 4.78. The highest BCUT2D eigenvalue weighted by Crippen LogP contribution is 2.26. The normalized spacial score (nSPS) is 13.5. The molecule has 0 fully saturated rings. The molecule has 6 heteroatoms. The highest BCUT2D eigenvalue weighted by molar-refractivity contribution is 6.33. The molecule has 0 bridgehead atoms. The van der Waals surface area contributed by atoms with Gasteiger partial charge in [-0.2, -0.15) is 13.2 Å². The number of alkyl halides is 3. The molecular formula is C14H18Cl2F3N. The van der Waals surface area contributed by atoms with Gasteiger partial charge in [0.25, 0.3) is 0 Å². The van der Waals surface area contributed by atoms with Crippen LogP contribution < -0.4 is 5.32 Å². The summed E-state index contributed by atoms with van der Waals surface area (Å²) in [4.78, 5) is 0. The third-order valence-electron chi connectivity index (χ3n) is 2.93. The van der Waals surface area contributed by atoms with Gasteiger partial charge in [0.1, 0.15) is 0 Å². The fourth-order valence-corrected chi connectivity index (χ4v) is 2.32. The van der Waals surface area contributed by atoms with E-state index in [0.717, 1.165) is 12.0 Å². The number of hydrogen-bond donors (Lipinski definition) is 1. The molecule has 0 saturated heterocycles. The molecule has 1 rings (SSSR count). The van der Waals surface area contributed by atoms with Crippen molar-refractivity contribution >= 4 is 23.2 Å². The highest BCUT2D eigenvalue weighted by Gasteiger charge is 2.28. The second kappa shape index (κ2) is 8.11. The van der Waals surface area contributed by atoms with E-state index in [2.05, 4.69) is 5.32 Å². The predicted molar refractivity (Wildman–Crippen MR) is 77.5 cm³/mol. The van der Waals surface area contributed by atoms with Crippen LogP contribution in [0.2, 0.25) is 10.0 Å². The molecule has 1 atom stereocenters. The molecule has 0 aliphatic heterocycles. The fraction of sp³-hybridized carbons (Fsp3) is 0.571. The van der Waals surface area contributed by atoms with E-state index >= 15 is 0 Å². The Bertz CT molecular complexity index is 421. The minimum Gasteiger partial charge on any atom is -0.314 e. The summed E-state index contributed by atoms with van der Waals surface area (Å²) in [5.74, 6) is 0. The average molecular weight is 328 g/mol. The third kappa shape index (κ3) is 6.82. The van der Waals surface area contributed by atoms with Crippen molar-refractivity contribution in [1.29, 1.82) is 0 Å². The molecule has 114 valence electrons. The highest BCUT2D eigenvalue weighted by atomic mass is 35.5. The summed E-state index contributed by atoms with van der Waals surface area (Å²) in [5, 5.41) is 4.20. The molecule has 20 heavy (non-hydrogen) atoms. The van der Waals surface area contributed by atoms with Crippen molar-refractivity contribution in [2.75, 3.05) is 6.54 Å². The minimum atomic E-state index is -4.13. The van der Waals surface area contributed by atoms with Crippen molar-refractivity contribution in [3.05, 3.63) is 33.8 Å². The van der Waals surface area contributed by atoms with Gasteiger partial charge in [-0.1, -0.05) is 30.1 Å². The SMILES string of the molecule is CCCNC(CCC(F)(F)F)Cc1cc(Cl)ccc1Cl. The van der Waals surface area contributed by atoms with Crippen molar-refractivity contribution in [1.82, 2.24) is 5.32 Å². The van der Waals surface area contributed by atoms with Crippen molar-refractivity contribution in [2.24, 2.45) is 0 Å². The molecule has 1 unspecified atom stereocenters. The zero-order chi connectivity index (χ0) is 15.2. The van der Waals surface area contributed by atoms with E-state index in [0.29, 0.717) is 23.0 Å². The lowest BCUT2D eigenvalue weighted by Crippen LogP contribution is -2.33. The topological polar surface area (TPSA) is 12.0 Å². The van der Waals surface area contributed by atoms with E-state index in [-0.39, 0.29) is 12.5 Å². The molecule has 1 nitrogen and oxygen atoms in total. The number of nitrogens with one attached hydrogen (secondary N) is 1. The third-order valence-corrected chi connectivity index (χ3v) is 3.54. The zero-order valence-electron chi connectivity index (χ0n) is 11.2. The van der Waals surface area contributed by atoms with Crippen LogP contribution in [0.1, 0.15) is 31.7 Å². The van der Waals surface area contributed by atoms with Gasteiger partial charge in [0.05, 0.1) is 0 Å². The van der Waals surface area contributed by atoms with Crippen LogP contribution in [0.4, 0.5) is 13.2 Å². The van der Waals surface area contributed by atoms with Crippen molar-refractivity contribution < 1.29 is 13.2 Å². The molecule has 0 saturated carbocycles. The Morgan fingerprint density at radius 1 is 1.25 bits per heavy atom. The molecule has 1 aromatic carbocycles. The summed E-state index contributed by atoms with van der Waals surface area (Å²) >= 11 is 12.0. The summed E-state index contributed by atoms with van der Waals surface area (Å²) in [5.41, 5.74) is 0.773. The Labute approximate surface area is 127 Å². The first-order chi connectivity index (χ1) is 9.31. The Morgan fingerprint density at radius 2 is 1.95 bits per heavy atom. The largest absolute Gasteiger partial charge is 0.389 e. The quantitative estimate of drug-likeness (QED) is 0.721. The molecule has 1 N–H and O–H groups in total. The van der Waals surface area contributed by atoms with Crippen LogP contribution >= 0.6 is 23.2 Å². The van der Waals surface area contributed by atoms with E-state index in [4.69, 9.17) is 23.2 Å². The van der Waals surface area contributed by atoms with Crippen molar-refractivity contribution in [2.45, 2.75) is 44.8 Å². The van der Waals surface area contributed by atoms with Crippen LogP contribution in [0.3, 0.4) is 0 Å². The number of hydrogen-bond acceptors (Lipinski definition) is 1. The number of benzene rings is 1. The maximum Gasteiger partial charge on any atom is 0.389 e. The lowest BCUT2D eigenvalue weighted by Gasteiger charge is -2.20. The first-order valence-corrected chi connectivity index (χ1v) is 7.31.